The number of nitrogens with zero attached hydrogens (tertiary/aromatic N) is 1. The van der Waals surface area contributed by atoms with Crippen LogP contribution in [0, 0.1) is 5.92 Å². The zero-order valence-corrected chi connectivity index (χ0v) is 7.03. The molecule has 0 aromatic heterocycles. The summed E-state index contributed by atoms with van der Waals surface area (Å²) in [4.78, 5) is 0. The molecule has 0 aliphatic carbocycles. The van der Waals surface area contributed by atoms with Crippen LogP contribution in [0.4, 0.5) is 0 Å². The topological polar surface area (TPSA) is 12.4 Å². The third kappa shape index (κ3) is 4.28. The Bertz CT molecular complexity index is 116. The lowest BCUT2D eigenvalue weighted by Crippen LogP contribution is -1.99. The molecule has 0 fully saturated rings. The highest BCUT2D eigenvalue weighted by Crippen LogP contribution is 2.06. The van der Waals surface area contributed by atoms with E-state index in [2.05, 4.69) is 24.8 Å². The first kappa shape index (κ1) is 8.76. The second kappa shape index (κ2) is 4.62. The van der Waals surface area contributed by atoms with Gasteiger partial charge < -0.3 is 0 Å². The van der Waals surface area contributed by atoms with E-state index in [4.69, 9.17) is 0 Å². The molecule has 0 bridgehead atoms. The Hall–Kier alpha value is -0.240. The molecule has 0 radical (unpaired) electrons. The molecule has 0 amide bonds. The van der Waals surface area contributed by atoms with Crippen molar-refractivity contribution in [3.05, 3.63) is 12.0 Å². The van der Waals surface area contributed by atoms with E-state index < -0.39 is 0 Å². The summed E-state index contributed by atoms with van der Waals surface area (Å²) in [7, 11) is 0. The van der Waals surface area contributed by atoms with E-state index in [0.717, 1.165) is 0 Å². The Balaban J connectivity index is 3.68. The normalized spacial score (nSPS) is 12.2. The van der Waals surface area contributed by atoms with Crippen LogP contribution in [0.1, 0.15) is 20.8 Å². The summed E-state index contributed by atoms with van der Waals surface area (Å²) in [6.07, 6.45) is 0. The van der Waals surface area contributed by atoms with Crippen LogP contribution >= 0.6 is 11.9 Å². The first-order chi connectivity index (χ1) is 4.18. The fourth-order valence-corrected chi connectivity index (χ4v) is 0.677. The van der Waals surface area contributed by atoms with Gasteiger partial charge in [-0.15, -0.1) is 0 Å². The summed E-state index contributed by atoms with van der Waals surface area (Å²) in [5.41, 5.74) is 1.17. The minimum absolute atomic E-state index is 0.553. The standard InChI is InChI=1S/C7H13NS/c1-5-9-8-7(4)6(2)3/h5-6H,1H2,2-4H3/b8-7+. The zero-order valence-electron chi connectivity index (χ0n) is 6.22. The molecular formula is C7H13NS. The van der Waals surface area contributed by atoms with Gasteiger partial charge in [-0.3, -0.25) is 0 Å². The van der Waals surface area contributed by atoms with E-state index in [0.29, 0.717) is 5.92 Å². The van der Waals surface area contributed by atoms with Crippen molar-refractivity contribution < 1.29 is 0 Å². The van der Waals surface area contributed by atoms with E-state index in [1.807, 2.05) is 6.92 Å². The van der Waals surface area contributed by atoms with Crippen LogP contribution in [-0.4, -0.2) is 5.71 Å². The smallest absolute Gasteiger partial charge is 0.0260 e. The van der Waals surface area contributed by atoms with Gasteiger partial charge in [0.1, 0.15) is 0 Å². The molecule has 2 heteroatoms. The molecule has 0 unspecified atom stereocenters. The first-order valence-corrected chi connectivity index (χ1v) is 3.83. The maximum atomic E-state index is 4.16. The van der Waals surface area contributed by atoms with Crippen molar-refractivity contribution in [2.45, 2.75) is 20.8 Å². The van der Waals surface area contributed by atoms with Crippen LogP contribution in [0.15, 0.2) is 16.4 Å². The van der Waals surface area contributed by atoms with Gasteiger partial charge >= 0.3 is 0 Å². The number of hydrogen-bond donors (Lipinski definition) is 0. The highest BCUT2D eigenvalue weighted by molar-refractivity contribution is 8.01. The fourth-order valence-electron chi connectivity index (χ4n) is 0.226. The average molecular weight is 143 g/mol. The summed E-state index contributed by atoms with van der Waals surface area (Å²) in [5, 5.41) is 1.73. The summed E-state index contributed by atoms with van der Waals surface area (Å²) in [5.74, 6) is 0.553. The summed E-state index contributed by atoms with van der Waals surface area (Å²) in [6.45, 7) is 9.83. The monoisotopic (exact) mass is 143 g/mol. The summed E-state index contributed by atoms with van der Waals surface area (Å²) in [6, 6.07) is 0. The van der Waals surface area contributed by atoms with Crippen molar-refractivity contribution in [3.8, 4) is 0 Å². The first-order valence-electron chi connectivity index (χ1n) is 2.99. The van der Waals surface area contributed by atoms with Crippen molar-refractivity contribution in [1.29, 1.82) is 0 Å². The second-order valence-corrected chi connectivity index (χ2v) is 2.89. The molecule has 0 heterocycles. The van der Waals surface area contributed by atoms with Crippen LogP contribution in [0.25, 0.3) is 0 Å². The van der Waals surface area contributed by atoms with Crippen LogP contribution in [0.2, 0.25) is 0 Å². The van der Waals surface area contributed by atoms with E-state index in [9.17, 15) is 0 Å². The van der Waals surface area contributed by atoms with E-state index in [1.54, 1.807) is 5.41 Å². The van der Waals surface area contributed by atoms with Gasteiger partial charge in [0, 0.05) is 17.7 Å². The van der Waals surface area contributed by atoms with Crippen molar-refractivity contribution in [3.63, 3.8) is 0 Å². The lowest BCUT2D eigenvalue weighted by atomic mass is 10.1. The van der Waals surface area contributed by atoms with Gasteiger partial charge in [-0.1, -0.05) is 20.4 Å². The molecular weight excluding hydrogens is 130 g/mol. The van der Waals surface area contributed by atoms with Gasteiger partial charge in [-0.05, 0) is 18.2 Å². The average Bonchev–Trinajstić information content (AvgIpc) is 1.82. The SMILES string of the molecule is C=CS/N=C(\C)C(C)C. The molecule has 0 N–H and O–H groups in total. The minimum atomic E-state index is 0.553. The van der Waals surface area contributed by atoms with E-state index in [-0.39, 0.29) is 0 Å². The maximum absolute atomic E-state index is 4.16. The van der Waals surface area contributed by atoms with Gasteiger partial charge in [0.2, 0.25) is 0 Å². The summed E-state index contributed by atoms with van der Waals surface area (Å²) >= 11 is 1.40. The molecule has 0 saturated heterocycles. The highest BCUT2D eigenvalue weighted by Gasteiger charge is 1.94. The predicted octanol–water partition coefficient (Wildman–Crippen LogP) is 2.90. The van der Waals surface area contributed by atoms with Crippen molar-refractivity contribution in [2.24, 2.45) is 10.3 Å². The van der Waals surface area contributed by atoms with Crippen molar-refractivity contribution >= 4 is 17.7 Å². The van der Waals surface area contributed by atoms with Crippen molar-refractivity contribution in [2.75, 3.05) is 0 Å². The molecule has 0 rings (SSSR count). The largest absolute Gasteiger partial charge is 0.221 e. The van der Waals surface area contributed by atoms with Gasteiger partial charge in [-0.25, -0.2) is 4.40 Å². The Labute approximate surface area is 61.4 Å². The zero-order chi connectivity index (χ0) is 7.28. The Morgan fingerprint density at radius 3 is 2.56 bits per heavy atom. The third-order valence-corrected chi connectivity index (χ3v) is 1.65. The lowest BCUT2D eigenvalue weighted by molar-refractivity contribution is 0.882. The lowest BCUT2D eigenvalue weighted by Gasteiger charge is -1.99. The second-order valence-electron chi connectivity index (χ2n) is 2.16. The number of rotatable bonds is 3. The molecule has 0 spiro atoms. The molecule has 52 valence electrons. The molecule has 0 aromatic rings. The molecule has 0 saturated carbocycles. The highest BCUT2D eigenvalue weighted by atomic mass is 32.2. The van der Waals surface area contributed by atoms with Crippen molar-refractivity contribution in [1.82, 2.24) is 0 Å². The Morgan fingerprint density at radius 1 is 1.67 bits per heavy atom. The van der Waals surface area contributed by atoms with E-state index >= 15 is 0 Å². The van der Waals surface area contributed by atoms with Gasteiger partial charge in [-0.2, -0.15) is 0 Å². The Morgan fingerprint density at radius 2 is 2.22 bits per heavy atom. The molecule has 0 aliphatic heterocycles. The van der Waals surface area contributed by atoms with E-state index in [1.165, 1.54) is 17.7 Å². The predicted molar refractivity (Wildman–Crippen MR) is 45.7 cm³/mol. The molecule has 0 aromatic carbocycles. The molecule has 0 atom stereocenters. The van der Waals surface area contributed by atoms with Gasteiger partial charge in [0.05, 0.1) is 0 Å². The van der Waals surface area contributed by atoms with Crippen LogP contribution in [0.3, 0.4) is 0 Å². The van der Waals surface area contributed by atoms with Gasteiger partial charge in [0.25, 0.3) is 0 Å². The fraction of sp³-hybridized carbons (Fsp3) is 0.571. The molecule has 0 aliphatic rings. The Kier molecular flexibility index (Phi) is 4.50. The molecule has 1 nitrogen and oxygen atoms in total. The summed E-state index contributed by atoms with van der Waals surface area (Å²) < 4.78 is 4.16. The third-order valence-electron chi connectivity index (χ3n) is 1.11. The maximum Gasteiger partial charge on any atom is 0.0260 e. The number of hydrogen-bond acceptors (Lipinski definition) is 2. The minimum Gasteiger partial charge on any atom is -0.221 e. The van der Waals surface area contributed by atoms with Crippen LogP contribution in [-0.2, 0) is 0 Å². The van der Waals surface area contributed by atoms with Gasteiger partial charge in [0.15, 0.2) is 0 Å². The van der Waals surface area contributed by atoms with Crippen LogP contribution in [0.5, 0.6) is 0 Å². The van der Waals surface area contributed by atoms with Crippen LogP contribution < -0.4 is 0 Å². The quantitative estimate of drug-likeness (QED) is 0.437. The molecule has 9 heavy (non-hydrogen) atoms.